The van der Waals surface area contributed by atoms with Crippen LogP contribution in [0.1, 0.15) is 6.92 Å². The number of carbonyl (C=O) groups excluding carboxylic acids is 1. The van der Waals surface area contributed by atoms with Crippen LogP contribution in [0.3, 0.4) is 0 Å². The van der Waals surface area contributed by atoms with Crippen LogP contribution in [-0.2, 0) is 4.79 Å². The third kappa shape index (κ3) is 1.85. The monoisotopic (exact) mass is 167 g/mol. The second kappa shape index (κ2) is 3.08. The standard InChI is InChI=1S/C7H9N3O2/c1-4(11)10-5-2-6(8)7(12)9-3-5/h2-3H,8H2,1H3,(H,9,12)(H,10,11). The lowest BCUT2D eigenvalue weighted by Crippen LogP contribution is -2.13. The molecule has 1 aromatic heterocycles. The first-order valence-corrected chi connectivity index (χ1v) is 3.35. The van der Waals surface area contributed by atoms with Crippen molar-refractivity contribution in [2.24, 2.45) is 0 Å². The Hall–Kier alpha value is -1.78. The van der Waals surface area contributed by atoms with E-state index in [0.717, 1.165) is 0 Å². The number of nitrogens with one attached hydrogen (secondary N) is 2. The maximum absolute atomic E-state index is 10.8. The van der Waals surface area contributed by atoms with Crippen LogP contribution in [0.25, 0.3) is 0 Å². The van der Waals surface area contributed by atoms with Crippen molar-refractivity contribution in [3.8, 4) is 0 Å². The molecule has 1 aromatic rings. The zero-order chi connectivity index (χ0) is 9.14. The number of aromatic amines is 1. The smallest absolute Gasteiger partial charge is 0.271 e. The molecule has 5 heteroatoms. The lowest BCUT2D eigenvalue weighted by molar-refractivity contribution is -0.114. The van der Waals surface area contributed by atoms with Crippen molar-refractivity contribution >= 4 is 17.3 Å². The minimum absolute atomic E-state index is 0.0845. The van der Waals surface area contributed by atoms with Crippen LogP contribution in [0.2, 0.25) is 0 Å². The van der Waals surface area contributed by atoms with Crippen LogP contribution in [0.15, 0.2) is 17.1 Å². The number of carbonyl (C=O) groups is 1. The van der Waals surface area contributed by atoms with Crippen molar-refractivity contribution in [3.05, 3.63) is 22.6 Å². The molecule has 0 spiro atoms. The summed E-state index contributed by atoms with van der Waals surface area (Å²) in [6.07, 6.45) is 1.39. The number of anilines is 2. The van der Waals surface area contributed by atoms with Gasteiger partial charge in [0.25, 0.3) is 5.56 Å². The van der Waals surface area contributed by atoms with Gasteiger partial charge in [-0.1, -0.05) is 0 Å². The van der Waals surface area contributed by atoms with Crippen LogP contribution in [0.5, 0.6) is 0 Å². The first kappa shape index (κ1) is 8.32. The second-order valence-electron chi connectivity index (χ2n) is 2.35. The van der Waals surface area contributed by atoms with Crippen LogP contribution in [-0.4, -0.2) is 10.9 Å². The molecule has 1 amide bonds. The van der Waals surface area contributed by atoms with E-state index in [-0.39, 0.29) is 17.2 Å². The largest absolute Gasteiger partial charge is 0.394 e. The van der Waals surface area contributed by atoms with Crippen molar-refractivity contribution in [1.82, 2.24) is 4.98 Å². The molecular formula is C7H9N3O2. The number of aromatic nitrogens is 1. The summed E-state index contributed by atoms with van der Waals surface area (Å²) in [7, 11) is 0. The third-order valence-corrected chi connectivity index (χ3v) is 1.25. The Morgan fingerprint density at radius 1 is 1.67 bits per heavy atom. The summed E-state index contributed by atoms with van der Waals surface area (Å²) in [6, 6.07) is 1.40. The molecule has 0 saturated heterocycles. The molecule has 0 fully saturated rings. The summed E-state index contributed by atoms with van der Waals surface area (Å²) in [5, 5.41) is 2.48. The Morgan fingerprint density at radius 3 is 2.83 bits per heavy atom. The molecule has 5 nitrogen and oxygen atoms in total. The number of pyridine rings is 1. The molecule has 0 aliphatic carbocycles. The molecule has 12 heavy (non-hydrogen) atoms. The maximum Gasteiger partial charge on any atom is 0.271 e. The lowest BCUT2D eigenvalue weighted by atomic mass is 10.3. The average molecular weight is 167 g/mol. The molecular weight excluding hydrogens is 158 g/mol. The van der Waals surface area contributed by atoms with E-state index < -0.39 is 0 Å². The Labute approximate surface area is 68.6 Å². The van der Waals surface area contributed by atoms with Crippen LogP contribution in [0.4, 0.5) is 11.4 Å². The van der Waals surface area contributed by atoms with Gasteiger partial charge in [0.1, 0.15) is 0 Å². The highest BCUT2D eigenvalue weighted by Crippen LogP contribution is 2.04. The Balaban J connectivity index is 2.97. The van der Waals surface area contributed by atoms with Crippen LogP contribution >= 0.6 is 0 Å². The first-order chi connectivity index (χ1) is 5.59. The van der Waals surface area contributed by atoms with Gasteiger partial charge in [0.15, 0.2) is 0 Å². The fourth-order valence-electron chi connectivity index (χ4n) is 0.777. The third-order valence-electron chi connectivity index (χ3n) is 1.25. The van der Waals surface area contributed by atoms with Crippen LogP contribution in [0, 0.1) is 0 Å². The van der Waals surface area contributed by atoms with Crippen molar-refractivity contribution in [3.63, 3.8) is 0 Å². The molecule has 4 N–H and O–H groups in total. The van der Waals surface area contributed by atoms with Gasteiger partial charge in [-0.25, -0.2) is 0 Å². The summed E-state index contributed by atoms with van der Waals surface area (Å²) in [5.74, 6) is -0.207. The van der Waals surface area contributed by atoms with E-state index in [0.29, 0.717) is 5.69 Å². The SMILES string of the molecule is CC(=O)Nc1c[nH]c(=O)c(N)c1. The number of hydrogen-bond donors (Lipinski definition) is 3. The molecule has 1 heterocycles. The molecule has 0 saturated carbocycles. The van der Waals surface area contributed by atoms with E-state index in [1.807, 2.05) is 0 Å². The predicted octanol–water partition coefficient (Wildman–Crippen LogP) is -0.0845. The quantitative estimate of drug-likeness (QED) is 0.546. The van der Waals surface area contributed by atoms with Crippen molar-refractivity contribution in [2.45, 2.75) is 6.92 Å². The minimum atomic E-state index is -0.357. The normalized spacial score (nSPS) is 9.42. The van der Waals surface area contributed by atoms with Crippen molar-refractivity contribution in [2.75, 3.05) is 11.1 Å². The molecule has 0 aliphatic heterocycles. The fourth-order valence-corrected chi connectivity index (χ4v) is 0.777. The number of nitrogens with two attached hydrogens (primary N) is 1. The zero-order valence-electron chi connectivity index (χ0n) is 6.55. The molecule has 0 bridgehead atoms. The maximum atomic E-state index is 10.8. The van der Waals surface area contributed by atoms with E-state index in [4.69, 9.17) is 5.73 Å². The molecule has 0 unspecified atom stereocenters. The summed E-state index contributed by atoms with van der Waals surface area (Å²) in [4.78, 5) is 23.7. The average Bonchev–Trinajstić information content (AvgIpc) is 1.96. The van der Waals surface area contributed by atoms with Crippen molar-refractivity contribution < 1.29 is 4.79 Å². The number of H-pyrrole nitrogens is 1. The fraction of sp³-hybridized carbons (Fsp3) is 0.143. The highest BCUT2D eigenvalue weighted by Gasteiger charge is 1.97. The number of rotatable bonds is 1. The lowest BCUT2D eigenvalue weighted by Gasteiger charge is -2.00. The van der Waals surface area contributed by atoms with Gasteiger partial charge in [-0.2, -0.15) is 0 Å². The Bertz CT molecular complexity index is 356. The minimum Gasteiger partial charge on any atom is -0.394 e. The molecule has 0 aromatic carbocycles. The van der Waals surface area contributed by atoms with Crippen molar-refractivity contribution in [1.29, 1.82) is 0 Å². The molecule has 0 aliphatic rings. The van der Waals surface area contributed by atoms with Gasteiger partial charge < -0.3 is 16.0 Å². The highest BCUT2D eigenvalue weighted by atomic mass is 16.1. The molecule has 1 rings (SSSR count). The van der Waals surface area contributed by atoms with E-state index in [9.17, 15) is 9.59 Å². The number of nitrogen functional groups attached to an aromatic ring is 1. The van der Waals surface area contributed by atoms with Gasteiger partial charge in [0, 0.05) is 13.1 Å². The van der Waals surface area contributed by atoms with E-state index >= 15 is 0 Å². The van der Waals surface area contributed by atoms with Gasteiger partial charge in [0.2, 0.25) is 5.91 Å². The highest BCUT2D eigenvalue weighted by molar-refractivity contribution is 5.88. The zero-order valence-corrected chi connectivity index (χ0v) is 6.55. The van der Waals surface area contributed by atoms with Gasteiger partial charge in [0.05, 0.1) is 11.4 Å². The topological polar surface area (TPSA) is 88.0 Å². The summed E-state index contributed by atoms with van der Waals surface area (Å²) in [5.41, 5.74) is 5.51. The summed E-state index contributed by atoms with van der Waals surface area (Å²) >= 11 is 0. The molecule has 0 radical (unpaired) electrons. The predicted molar refractivity (Wildman–Crippen MR) is 45.8 cm³/mol. The van der Waals surface area contributed by atoms with Gasteiger partial charge in [-0.15, -0.1) is 0 Å². The van der Waals surface area contributed by atoms with Gasteiger partial charge in [-0.05, 0) is 6.07 Å². The van der Waals surface area contributed by atoms with Gasteiger partial charge in [-0.3, -0.25) is 9.59 Å². The number of amides is 1. The summed E-state index contributed by atoms with van der Waals surface area (Å²) in [6.45, 7) is 1.38. The van der Waals surface area contributed by atoms with Crippen LogP contribution < -0.4 is 16.6 Å². The Kier molecular flexibility index (Phi) is 2.14. The Morgan fingerprint density at radius 2 is 2.33 bits per heavy atom. The second-order valence-corrected chi connectivity index (χ2v) is 2.35. The first-order valence-electron chi connectivity index (χ1n) is 3.35. The van der Waals surface area contributed by atoms with Gasteiger partial charge >= 0.3 is 0 Å². The number of hydrogen-bond acceptors (Lipinski definition) is 3. The summed E-state index contributed by atoms with van der Waals surface area (Å²) < 4.78 is 0. The van der Waals surface area contributed by atoms with E-state index in [1.165, 1.54) is 19.2 Å². The van der Waals surface area contributed by atoms with E-state index in [1.54, 1.807) is 0 Å². The molecule has 64 valence electrons. The molecule has 0 atom stereocenters. The van der Waals surface area contributed by atoms with E-state index in [2.05, 4.69) is 10.3 Å².